The van der Waals surface area contributed by atoms with Crippen molar-refractivity contribution in [2.75, 3.05) is 26.8 Å². The molecule has 0 unspecified atom stereocenters. The molecular weight excluding hydrogens is 266 g/mol. The van der Waals surface area contributed by atoms with Gasteiger partial charge < -0.3 is 14.7 Å². The van der Waals surface area contributed by atoms with Gasteiger partial charge in [0, 0.05) is 46.1 Å². The Morgan fingerprint density at radius 3 is 2.62 bits per heavy atom. The molecule has 4 nitrogen and oxygen atoms in total. The minimum atomic E-state index is -0.776. The van der Waals surface area contributed by atoms with Gasteiger partial charge in [0.15, 0.2) is 0 Å². The van der Waals surface area contributed by atoms with Crippen LogP contribution in [-0.2, 0) is 16.0 Å². The summed E-state index contributed by atoms with van der Waals surface area (Å²) in [4.78, 5) is 13.8. The van der Waals surface area contributed by atoms with E-state index in [2.05, 4.69) is 12.1 Å². The molecule has 1 saturated heterocycles. The molecule has 21 heavy (non-hydrogen) atoms. The highest BCUT2D eigenvalue weighted by molar-refractivity contribution is 5.75. The van der Waals surface area contributed by atoms with E-state index in [0.717, 1.165) is 12.8 Å². The third-order valence-corrected chi connectivity index (χ3v) is 4.08. The molecule has 1 fully saturated rings. The van der Waals surface area contributed by atoms with E-state index in [0.29, 0.717) is 39.0 Å². The van der Waals surface area contributed by atoms with E-state index in [4.69, 9.17) is 4.74 Å². The molecular formula is C17H25NO3. The summed E-state index contributed by atoms with van der Waals surface area (Å²) in [5, 5.41) is 10.4. The van der Waals surface area contributed by atoms with Crippen LogP contribution in [-0.4, -0.2) is 48.3 Å². The molecule has 0 spiro atoms. The van der Waals surface area contributed by atoms with Crippen LogP contribution < -0.4 is 0 Å². The van der Waals surface area contributed by atoms with Crippen LogP contribution in [0.3, 0.4) is 0 Å². The summed E-state index contributed by atoms with van der Waals surface area (Å²) in [6, 6.07) is 10.2. The van der Waals surface area contributed by atoms with Gasteiger partial charge in [0.25, 0.3) is 0 Å². The summed E-state index contributed by atoms with van der Waals surface area (Å²) in [5.74, 6) is 0.103. The van der Waals surface area contributed by atoms with Gasteiger partial charge >= 0.3 is 0 Å². The van der Waals surface area contributed by atoms with Gasteiger partial charge in [-0.25, -0.2) is 0 Å². The van der Waals surface area contributed by atoms with Crippen LogP contribution in [0.25, 0.3) is 0 Å². The zero-order valence-electron chi connectivity index (χ0n) is 12.8. The van der Waals surface area contributed by atoms with Crippen molar-refractivity contribution in [3.63, 3.8) is 0 Å². The van der Waals surface area contributed by atoms with Crippen molar-refractivity contribution in [2.24, 2.45) is 0 Å². The number of hydrogen-bond donors (Lipinski definition) is 1. The van der Waals surface area contributed by atoms with E-state index in [9.17, 15) is 9.90 Å². The fraction of sp³-hybridized carbons (Fsp3) is 0.588. The van der Waals surface area contributed by atoms with Crippen LogP contribution in [0, 0.1) is 0 Å². The molecule has 0 atom stereocenters. The van der Waals surface area contributed by atoms with Crippen LogP contribution in [0.1, 0.15) is 31.2 Å². The molecule has 0 aliphatic carbocycles. The van der Waals surface area contributed by atoms with Gasteiger partial charge in [-0.05, 0) is 18.4 Å². The first kappa shape index (κ1) is 16.0. The number of carbonyl (C=O) groups is 1. The Hall–Kier alpha value is -1.39. The number of aliphatic hydroxyl groups is 1. The molecule has 0 bridgehead atoms. The lowest BCUT2D eigenvalue weighted by molar-refractivity contribution is -0.136. The monoisotopic (exact) mass is 291 g/mol. The van der Waals surface area contributed by atoms with E-state index in [1.165, 1.54) is 5.56 Å². The van der Waals surface area contributed by atoms with Crippen molar-refractivity contribution in [3.05, 3.63) is 35.9 Å². The predicted octanol–water partition coefficient (Wildman–Crippen LogP) is 2.01. The van der Waals surface area contributed by atoms with Crippen molar-refractivity contribution in [2.45, 2.75) is 37.7 Å². The molecule has 1 aliphatic rings. The molecule has 2 rings (SSSR count). The van der Waals surface area contributed by atoms with Crippen molar-refractivity contribution in [3.8, 4) is 0 Å². The summed E-state index contributed by atoms with van der Waals surface area (Å²) in [5.41, 5.74) is 0.484. The second-order valence-electron chi connectivity index (χ2n) is 5.93. The van der Waals surface area contributed by atoms with Gasteiger partial charge in [-0.2, -0.15) is 0 Å². The maximum atomic E-state index is 12.1. The average Bonchev–Trinajstić information content (AvgIpc) is 2.48. The van der Waals surface area contributed by atoms with Gasteiger partial charge in [-0.1, -0.05) is 30.3 Å². The number of amides is 1. The number of carbonyl (C=O) groups excluding carboxylic acids is 1. The fourth-order valence-electron chi connectivity index (χ4n) is 2.72. The molecule has 1 N–H and O–H groups in total. The smallest absolute Gasteiger partial charge is 0.222 e. The second-order valence-corrected chi connectivity index (χ2v) is 5.93. The Balaban J connectivity index is 1.72. The van der Waals surface area contributed by atoms with Crippen LogP contribution in [0.4, 0.5) is 0 Å². The molecule has 1 aromatic rings. The van der Waals surface area contributed by atoms with Crippen molar-refractivity contribution in [1.29, 1.82) is 0 Å². The SMILES string of the molecule is CN(CC1(O)CCOCC1)C(=O)CCCc1ccccc1. The van der Waals surface area contributed by atoms with Gasteiger partial charge in [0.2, 0.25) is 5.91 Å². The highest BCUT2D eigenvalue weighted by Crippen LogP contribution is 2.21. The molecule has 0 aromatic heterocycles. The molecule has 4 heteroatoms. The number of likely N-dealkylation sites (N-methyl/N-ethyl adjacent to an activating group) is 1. The third kappa shape index (κ3) is 5.14. The largest absolute Gasteiger partial charge is 0.388 e. The normalized spacial score (nSPS) is 17.4. The molecule has 1 heterocycles. The Labute approximate surface area is 126 Å². The van der Waals surface area contributed by atoms with Gasteiger partial charge in [-0.15, -0.1) is 0 Å². The van der Waals surface area contributed by atoms with Crippen molar-refractivity contribution >= 4 is 5.91 Å². The van der Waals surface area contributed by atoms with Crippen LogP contribution in [0.2, 0.25) is 0 Å². The fourth-order valence-corrected chi connectivity index (χ4v) is 2.72. The maximum Gasteiger partial charge on any atom is 0.222 e. The summed E-state index contributed by atoms with van der Waals surface area (Å²) < 4.78 is 5.26. The van der Waals surface area contributed by atoms with Crippen LogP contribution in [0.5, 0.6) is 0 Å². The first-order valence-electron chi connectivity index (χ1n) is 7.67. The van der Waals surface area contributed by atoms with E-state index < -0.39 is 5.60 Å². The van der Waals surface area contributed by atoms with E-state index in [1.54, 1.807) is 11.9 Å². The molecule has 1 aromatic carbocycles. The summed E-state index contributed by atoms with van der Waals surface area (Å²) >= 11 is 0. The van der Waals surface area contributed by atoms with E-state index >= 15 is 0 Å². The van der Waals surface area contributed by atoms with Crippen LogP contribution >= 0.6 is 0 Å². The molecule has 0 saturated carbocycles. The zero-order chi connectivity index (χ0) is 15.1. The summed E-state index contributed by atoms with van der Waals surface area (Å²) in [6.45, 7) is 1.56. The van der Waals surface area contributed by atoms with Crippen LogP contribution in [0.15, 0.2) is 30.3 Å². The molecule has 1 aliphatic heterocycles. The lowest BCUT2D eigenvalue weighted by Crippen LogP contribution is -2.47. The number of benzene rings is 1. The van der Waals surface area contributed by atoms with Gasteiger partial charge in [0.1, 0.15) is 0 Å². The quantitative estimate of drug-likeness (QED) is 0.872. The van der Waals surface area contributed by atoms with Crippen molar-refractivity contribution in [1.82, 2.24) is 4.90 Å². The van der Waals surface area contributed by atoms with E-state index in [1.807, 2.05) is 18.2 Å². The highest BCUT2D eigenvalue weighted by Gasteiger charge is 2.32. The lowest BCUT2D eigenvalue weighted by Gasteiger charge is -2.35. The lowest BCUT2D eigenvalue weighted by atomic mass is 9.94. The topological polar surface area (TPSA) is 49.8 Å². The van der Waals surface area contributed by atoms with Crippen molar-refractivity contribution < 1.29 is 14.6 Å². The minimum Gasteiger partial charge on any atom is -0.388 e. The maximum absolute atomic E-state index is 12.1. The summed E-state index contributed by atoms with van der Waals surface area (Å²) in [7, 11) is 1.78. The predicted molar refractivity (Wildman–Crippen MR) is 82.0 cm³/mol. The average molecular weight is 291 g/mol. The number of rotatable bonds is 6. The van der Waals surface area contributed by atoms with E-state index in [-0.39, 0.29) is 5.91 Å². The molecule has 116 valence electrons. The third-order valence-electron chi connectivity index (χ3n) is 4.08. The highest BCUT2D eigenvalue weighted by atomic mass is 16.5. The Morgan fingerprint density at radius 2 is 1.95 bits per heavy atom. The number of ether oxygens (including phenoxy) is 1. The second kappa shape index (κ2) is 7.57. The van der Waals surface area contributed by atoms with Gasteiger partial charge in [-0.3, -0.25) is 4.79 Å². The Morgan fingerprint density at radius 1 is 1.29 bits per heavy atom. The van der Waals surface area contributed by atoms with Gasteiger partial charge in [0.05, 0.1) is 5.60 Å². The zero-order valence-corrected chi connectivity index (χ0v) is 12.8. The number of hydrogen-bond acceptors (Lipinski definition) is 3. The first-order chi connectivity index (χ1) is 10.1. The number of aryl methyl sites for hydroxylation is 1. The number of nitrogens with zero attached hydrogens (tertiary/aromatic N) is 1. The first-order valence-corrected chi connectivity index (χ1v) is 7.67. The molecule has 1 amide bonds. The Kier molecular flexibility index (Phi) is 5.76. The Bertz CT molecular complexity index is 441. The summed E-state index contributed by atoms with van der Waals surface area (Å²) in [6.07, 6.45) is 3.49. The standard InChI is InChI=1S/C17H25NO3/c1-18(14-17(20)10-12-21-13-11-17)16(19)9-5-8-15-6-3-2-4-7-15/h2-4,6-7,20H,5,8-14H2,1H3. The minimum absolute atomic E-state index is 0.103. The molecule has 0 radical (unpaired) electrons.